The van der Waals surface area contributed by atoms with Gasteiger partial charge in [-0.3, -0.25) is 9.59 Å². The number of nitrogens with zero attached hydrogens (tertiary/aromatic N) is 1. The van der Waals surface area contributed by atoms with Crippen LogP contribution in [0.15, 0.2) is 41.1 Å². The molecule has 6 nitrogen and oxygen atoms in total. The van der Waals surface area contributed by atoms with E-state index >= 15 is 0 Å². The molecule has 0 bridgehead atoms. The third-order valence-corrected chi connectivity index (χ3v) is 4.14. The molecule has 1 unspecified atom stereocenters. The second-order valence-electron chi connectivity index (χ2n) is 5.20. The highest BCUT2D eigenvalue weighted by Gasteiger charge is 2.61. The largest absolute Gasteiger partial charge is 0.468 e. The Balaban J connectivity index is 2.22. The average molecular weight is 301 g/mol. The average Bonchev–Trinajstić information content (AvgIpc) is 3.12. The lowest BCUT2D eigenvalue weighted by atomic mass is 9.73. The van der Waals surface area contributed by atoms with Crippen LogP contribution in [-0.4, -0.2) is 31.3 Å². The first-order chi connectivity index (χ1) is 10.6. The van der Waals surface area contributed by atoms with Crippen molar-refractivity contribution in [3.05, 3.63) is 53.4 Å². The van der Waals surface area contributed by atoms with E-state index in [-0.39, 0.29) is 6.42 Å². The third-order valence-electron chi connectivity index (χ3n) is 4.14. The first-order valence-corrected chi connectivity index (χ1v) is 6.80. The zero-order valence-corrected chi connectivity index (χ0v) is 12.2. The summed E-state index contributed by atoms with van der Waals surface area (Å²) in [5, 5.41) is 3.99. The number of hydrogen-bond donors (Lipinski definition) is 0. The van der Waals surface area contributed by atoms with Crippen molar-refractivity contribution in [1.29, 1.82) is 0 Å². The molecule has 6 heteroatoms. The fourth-order valence-electron chi connectivity index (χ4n) is 3.19. The number of methoxy groups -OCH3 is 2. The highest BCUT2D eigenvalue weighted by atomic mass is 16.5. The minimum atomic E-state index is -1.47. The molecule has 0 saturated carbocycles. The van der Waals surface area contributed by atoms with Gasteiger partial charge in [0.15, 0.2) is 5.41 Å². The lowest BCUT2D eigenvalue weighted by Gasteiger charge is -2.29. The van der Waals surface area contributed by atoms with Crippen molar-refractivity contribution >= 4 is 11.9 Å². The van der Waals surface area contributed by atoms with Gasteiger partial charge in [-0.2, -0.15) is 0 Å². The Morgan fingerprint density at radius 3 is 2.41 bits per heavy atom. The summed E-state index contributed by atoms with van der Waals surface area (Å²) in [6.45, 7) is 0. The van der Waals surface area contributed by atoms with Gasteiger partial charge in [0, 0.05) is 12.0 Å². The fraction of sp³-hybridized carbons (Fsp3) is 0.312. The normalized spacial score (nSPS) is 18.5. The summed E-state index contributed by atoms with van der Waals surface area (Å²) in [6.07, 6.45) is 1.60. The van der Waals surface area contributed by atoms with Crippen LogP contribution in [0.2, 0.25) is 0 Å². The van der Waals surface area contributed by atoms with Gasteiger partial charge in [-0.05, 0) is 5.56 Å². The van der Waals surface area contributed by atoms with Crippen molar-refractivity contribution in [1.82, 2.24) is 5.16 Å². The molecule has 0 radical (unpaired) electrons. The summed E-state index contributed by atoms with van der Waals surface area (Å²) in [4.78, 5) is 25.0. The summed E-state index contributed by atoms with van der Waals surface area (Å²) < 4.78 is 14.8. The molecular weight excluding hydrogens is 286 g/mol. The molecule has 1 aliphatic carbocycles. The van der Waals surface area contributed by atoms with Crippen LogP contribution in [0.25, 0.3) is 0 Å². The number of esters is 2. The second kappa shape index (κ2) is 5.29. The third kappa shape index (κ3) is 1.83. The number of benzene rings is 1. The monoisotopic (exact) mass is 301 g/mol. The minimum absolute atomic E-state index is 0.144. The predicted molar refractivity (Wildman–Crippen MR) is 75.0 cm³/mol. The van der Waals surface area contributed by atoms with E-state index in [1.807, 2.05) is 30.3 Å². The van der Waals surface area contributed by atoms with Crippen LogP contribution in [0.3, 0.4) is 0 Å². The van der Waals surface area contributed by atoms with Crippen LogP contribution in [0.1, 0.15) is 22.7 Å². The Kier molecular flexibility index (Phi) is 3.44. The topological polar surface area (TPSA) is 78.6 Å². The maximum atomic E-state index is 12.5. The Morgan fingerprint density at radius 1 is 1.18 bits per heavy atom. The van der Waals surface area contributed by atoms with Gasteiger partial charge >= 0.3 is 11.9 Å². The Labute approximate surface area is 127 Å². The van der Waals surface area contributed by atoms with Gasteiger partial charge in [-0.25, -0.2) is 0 Å². The summed E-state index contributed by atoms with van der Waals surface area (Å²) >= 11 is 0. The fourth-order valence-corrected chi connectivity index (χ4v) is 3.19. The molecule has 0 fully saturated rings. The van der Waals surface area contributed by atoms with E-state index in [2.05, 4.69) is 5.16 Å². The quantitative estimate of drug-likeness (QED) is 0.634. The maximum absolute atomic E-state index is 12.5. The predicted octanol–water partition coefficient (Wildman–Crippen LogP) is 1.69. The molecule has 1 aromatic carbocycles. The molecule has 0 N–H and O–H groups in total. The van der Waals surface area contributed by atoms with Crippen LogP contribution >= 0.6 is 0 Å². The smallest absolute Gasteiger partial charge is 0.324 e. The lowest BCUT2D eigenvalue weighted by molar-refractivity contribution is -0.169. The van der Waals surface area contributed by atoms with Crippen molar-refractivity contribution in [2.24, 2.45) is 5.41 Å². The van der Waals surface area contributed by atoms with Gasteiger partial charge in [0.2, 0.25) is 0 Å². The van der Waals surface area contributed by atoms with Crippen molar-refractivity contribution in [2.45, 2.75) is 12.3 Å². The summed E-state index contributed by atoms with van der Waals surface area (Å²) in [6, 6.07) is 9.23. The number of carbonyl (C=O) groups excluding carboxylic acids is 2. The summed E-state index contributed by atoms with van der Waals surface area (Å²) in [7, 11) is 2.52. The maximum Gasteiger partial charge on any atom is 0.324 e. The van der Waals surface area contributed by atoms with Crippen LogP contribution in [0.4, 0.5) is 0 Å². The number of carbonyl (C=O) groups is 2. The van der Waals surface area contributed by atoms with Crippen LogP contribution in [0.5, 0.6) is 0 Å². The highest BCUT2D eigenvalue weighted by molar-refractivity contribution is 6.03. The number of rotatable bonds is 3. The molecule has 2 aromatic rings. The molecule has 1 aliphatic rings. The molecule has 114 valence electrons. The molecular formula is C16H15NO5. The van der Waals surface area contributed by atoms with E-state index in [1.54, 1.807) is 0 Å². The number of fused-ring (bicyclic) bond motifs is 1. The molecule has 3 rings (SSSR count). The van der Waals surface area contributed by atoms with E-state index in [1.165, 1.54) is 20.5 Å². The highest BCUT2D eigenvalue weighted by Crippen LogP contribution is 2.51. The number of aromatic nitrogens is 1. The molecule has 0 aliphatic heterocycles. The summed E-state index contributed by atoms with van der Waals surface area (Å²) in [5.74, 6) is -1.86. The van der Waals surface area contributed by atoms with E-state index in [0.29, 0.717) is 11.3 Å². The van der Waals surface area contributed by atoms with Crippen LogP contribution in [-0.2, 0) is 25.5 Å². The zero-order valence-electron chi connectivity index (χ0n) is 12.2. The van der Waals surface area contributed by atoms with Gasteiger partial charge in [0.1, 0.15) is 6.26 Å². The zero-order chi connectivity index (χ0) is 15.7. The lowest BCUT2D eigenvalue weighted by Crippen LogP contribution is -2.45. The van der Waals surface area contributed by atoms with Crippen molar-refractivity contribution in [3.8, 4) is 0 Å². The van der Waals surface area contributed by atoms with Crippen molar-refractivity contribution in [2.75, 3.05) is 14.2 Å². The number of ether oxygens (including phenoxy) is 2. The van der Waals surface area contributed by atoms with Gasteiger partial charge in [-0.1, -0.05) is 35.5 Å². The van der Waals surface area contributed by atoms with Gasteiger partial charge in [0.25, 0.3) is 0 Å². The second-order valence-corrected chi connectivity index (χ2v) is 5.20. The Morgan fingerprint density at radius 2 is 1.82 bits per heavy atom. The standard InChI is InChI=1S/C16H15NO5/c1-20-14(18)16(15(19)21-2)8-11-9-22-17-13(11)12(16)10-6-4-3-5-7-10/h3-7,9,12H,8H2,1-2H3. The van der Waals surface area contributed by atoms with E-state index < -0.39 is 23.3 Å². The molecule has 0 spiro atoms. The summed E-state index contributed by atoms with van der Waals surface area (Å²) in [5.41, 5.74) is 0.594. The van der Waals surface area contributed by atoms with Crippen LogP contribution in [0, 0.1) is 5.41 Å². The Bertz CT molecular complexity index is 690. The molecule has 1 heterocycles. The van der Waals surface area contributed by atoms with E-state index in [9.17, 15) is 9.59 Å². The molecule has 1 aromatic heterocycles. The van der Waals surface area contributed by atoms with Gasteiger partial charge in [-0.15, -0.1) is 0 Å². The SMILES string of the molecule is COC(=O)C1(C(=O)OC)Cc2conc2C1c1ccccc1. The van der Waals surface area contributed by atoms with Crippen molar-refractivity contribution < 1.29 is 23.6 Å². The molecule has 0 amide bonds. The van der Waals surface area contributed by atoms with E-state index in [4.69, 9.17) is 14.0 Å². The Hall–Kier alpha value is -2.63. The first kappa shape index (κ1) is 14.3. The molecule has 22 heavy (non-hydrogen) atoms. The first-order valence-electron chi connectivity index (χ1n) is 6.80. The minimum Gasteiger partial charge on any atom is -0.468 e. The van der Waals surface area contributed by atoms with Gasteiger partial charge in [0.05, 0.1) is 25.8 Å². The van der Waals surface area contributed by atoms with Gasteiger partial charge < -0.3 is 14.0 Å². The molecule has 1 atom stereocenters. The van der Waals surface area contributed by atoms with E-state index in [0.717, 1.165) is 5.56 Å². The molecule has 0 saturated heterocycles. The van der Waals surface area contributed by atoms with Crippen molar-refractivity contribution in [3.63, 3.8) is 0 Å². The van der Waals surface area contributed by atoms with Crippen LogP contribution < -0.4 is 0 Å². The number of hydrogen-bond acceptors (Lipinski definition) is 6.